The smallest absolute Gasteiger partial charge is 0.419 e. The molecule has 2 N–H and O–H groups in total. The van der Waals surface area contributed by atoms with Crippen LogP contribution in [0.1, 0.15) is 16.7 Å². The summed E-state index contributed by atoms with van der Waals surface area (Å²) in [5, 5.41) is 0. The summed E-state index contributed by atoms with van der Waals surface area (Å²) in [5.74, 6) is -0.170. The number of hydrogen-bond acceptors (Lipinski definition) is 2. The zero-order valence-electron chi connectivity index (χ0n) is 10.9. The Morgan fingerprint density at radius 1 is 1.10 bits per heavy atom. The summed E-state index contributed by atoms with van der Waals surface area (Å²) in [6.45, 7) is 1.91. The standard InChI is InChI=1S/C15H14F3NO/c1-10-8-12(19)7-6-11(10)9-20-14-5-3-2-4-13(14)15(16,17)18/h2-8H,9,19H2,1H3. The molecule has 2 rings (SSSR count). The van der Waals surface area contributed by atoms with Crippen molar-refractivity contribution < 1.29 is 17.9 Å². The van der Waals surface area contributed by atoms with E-state index in [-0.39, 0.29) is 12.4 Å². The highest BCUT2D eigenvalue weighted by Crippen LogP contribution is 2.36. The first-order valence-corrected chi connectivity index (χ1v) is 6.02. The van der Waals surface area contributed by atoms with Gasteiger partial charge < -0.3 is 10.5 Å². The normalized spacial score (nSPS) is 11.4. The number of hydrogen-bond donors (Lipinski definition) is 1. The number of nitrogen functional groups attached to an aromatic ring is 1. The van der Waals surface area contributed by atoms with Gasteiger partial charge >= 0.3 is 6.18 Å². The number of para-hydroxylation sites is 1. The van der Waals surface area contributed by atoms with Crippen molar-refractivity contribution >= 4 is 5.69 Å². The minimum Gasteiger partial charge on any atom is -0.488 e. The molecule has 0 unspecified atom stereocenters. The minimum absolute atomic E-state index is 0.0687. The molecule has 2 aromatic rings. The Morgan fingerprint density at radius 2 is 1.80 bits per heavy atom. The predicted octanol–water partition coefficient (Wildman–Crippen LogP) is 4.18. The first kappa shape index (κ1) is 14.2. The molecule has 106 valence electrons. The molecule has 2 aromatic carbocycles. The maximum Gasteiger partial charge on any atom is 0.419 e. The van der Waals surface area contributed by atoms with E-state index in [0.717, 1.165) is 17.2 Å². The van der Waals surface area contributed by atoms with Crippen molar-refractivity contribution in [2.45, 2.75) is 19.7 Å². The Labute approximate surface area is 115 Å². The van der Waals surface area contributed by atoms with E-state index in [4.69, 9.17) is 10.5 Å². The third kappa shape index (κ3) is 3.23. The Bertz CT molecular complexity index is 608. The minimum atomic E-state index is -4.42. The highest BCUT2D eigenvalue weighted by molar-refractivity contribution is 5.44. The van der Waals surface area contributed by atoms with Crippen molar-refractivity contribution in [3.05, 3.63) is 59.2 Å². The summed E-state index contributed by atoms with van der Waals surface area (Å²) in [4.78, 5) is 0. The van der Waals surface area contributed by atoms with Crippen LogP contribution < -0.4 is 10.5 Å². The molecule has 0 spiro atoms. The van der Waals surface area contributed by atoms with Crippen LogP contribution in [0.4, 0.5) is 18.9 Å². The van der Waals surface area contributed by atoms with Gasteiger partial charge in [-0.05, 0) is 42.3 Å². The zero-order chi connectivity index (χ0) is 14.8. The van der Waals surface area contributed by atoms with Crippen LogP contribution in [0.25, 0.3) is 0 Å². The quantitative estimate of drug-likeness (QED) is 0.857. The molecule has 2 nitrogen and oxygen atoms in total. The topological polar surface area (TPSA) is 35.2 Å². The highest BCUT2D eigenvalue weighted by Gasteiger charge is 2.33. The van der Waals surface area contributed by atoms with Crippen molar-refractivity contribution in [3.63, 3.8) is 0 Å². The van der Waals surface area contributed by atoms with Gasteiger partial charge in [-0.1, -0.05) is 18.2 Å². The molecule has 0 bridgehead atoms. The monoisotopic (exact) mass is 281 g/mol. The fourth-order valence-electron chi connectivity index (χ4n) is 1.86. The average Bonchev–Trinajstić information content (AvgIpc) is 2.37. The molecule has 20 heavy (non-hydrogen) atoms. The van der Waals surface area contributed by atoms with Crippen LogP contribution >= 0.6 is 0 Å². The van der Waals surface area contributed by atoms with Gasteiger partial charge in [-0.2, -0.15) is 13.2 Å². The molecule has 0 radical (unpaired) electrons. The van der Waals surface area contributed by atoms with Gasteiger partial charge in [-0.3, -0.25) is 0 Å². The second-order valence-corrected chi connectivity index (χ2v) is 4.47. The van der Waals surface area contributed by atoms with E-state index in [1.54, 1.807) is 18.2 Å². The second kappa shape index (κ2) is 5.45. The van der Waals surface area contributed by atoms with E-state index in [1.807, 2.05) is 6.92 Å². The number of halogens is 3. The Balaban J connectivity index is 2.19. The maximum atomic E-state index is 12.8. The summed E-state index contributed by atoms with van der Waals surface area (Å²) in [7, 11) is 0. The van der Waals surface area contributed by atoms with Gasteiger partial charge in [0.2, 0.25) is 0 Å². The van der Waals surface area contributed by atoms with Gasteiger partial charge in [-0.25, -0.2) is 0 Å². The number of aryl methyl sites for hydroxylation is 1. The lowest BCUT2D eigenvalue weighted by Crippen LogP contribution is -2.09. The van der Waals surface area contributed by atoms with Crippen LogP contribution in [0.3, 0.4) is 0 Å². The first-order chi connectivity index (χ1) is 9.38. The molecular formula is C15H14F3NO. The fraction of sp³-hybridized carbons (Fsp3) is 0.200. The van der Waals surface area contributed by atoms with Crippen LogP contribution in [0.5, 0.6) is 5.75 Å². The van der Waals surface area contributed by atoms with Crippen molar-refractivity contribution in [3.8, 4) is 5.75 Å². The van der Waals surface area contributed by atoms with E-state index in [2.05, 4.69) is 0 Å². The van der Waals surface area contributed by atoms with Crippen molar-refractivity contribution in [1.29, 1.82) is 0 Å². The van der Waals surface area contributed by atoms with Gasteiger partial charge in [0.05, 0.1) is 5.56 Å². The molecule has 0 amide bonds. The molecule has 0 aromatic heterocycles. The largest absolute Gasteiger partial charge is 0.488 e. The van der Waals surface area contributed by atoms with Gasteiger partial charge in [-0.15, -0.1) is 0 Å². The molecular weight excluding hydrogens is 267 g/mol. The van der Waals surface area contributed by atoms with Crippen LogP contribution in [-0.4, -0.2) is 0 Å². The lowest BCUT2D eigenvalue weighted by molar-refractivity contribution is -0.139. The first-order valence-electron chi connectivity index (χ1n) is 6.02. The molecule has 5 heteroatoms. The Hall–Kier alpha value is -2.17. The van der Waals surface area contributed by atoms with Crippen molar-refractivity contribution in [2.24, 2.45) is 0 Å². The number of benzene rings is 2. The molecule has 0 fully saturated rings. The summed E-state index contributed by atoms with van der Waals surface area (Å²) >= 11 is 0. The molecule has 0 heterocycles. The van der Waals surface area contributed by atoms with Crippen molar-refractivity contribution in [1.82, 2.24) is 0 Å². The van der Waals surface area contributed by atoms with E-state index in [1.165, 1.54) is 18.2 Å². The second-order valence-electron chi connectivity index (χ2n) is 4.47. The summed E-state index contributed by atoms with van der Waals surface area (Å²) in [6, 6.07) is 10.4. The van der Waals surface area contributed by atoms with E-state index < -0.39 is 11.7 Å². The molecule has 0 atom stereocenters. The number of nitrogens with two attached hydrogens (primary N) is 1. The molecule has 0 saturated carbocycles. The van der Waals surface area contributed by atoms with E-state index in [0.29, 0.717) is 5.69 Å². The predicted molar refractivity (Wildman–Crippen MR) is 71.4 cm³/mol. The van der Waals surface area contributed by atoms with E-state index >= 15 is 0 Å². The lowest BCUT2D eigenvalue weighted by Gasteiger charge is -2.14. The number of ether oxygens (including phenoxy) is 1. The third-order valence-electron chi connectivity index (χ3n) is 2.94. The molecule has 0 saturated heterocycles. The molecule has 0 aliphatic heterocycles. The van der Waals surface area contributed by atoms with Crippen LogP contribution in [0.2, 0.25) is 0 Å². The van der Waals surface area contributed by atoms with E-state index in [9.17, 15) is 13.2 Å². The maximum absolute atomic E-state index is 12.8. The average molecular weight is 281 g/mol. The number of anilines is 1. The summed E-state index contributed by atoms with van der Waals surface area (Å²) in [5.41, 5.74) is 7.15. The third-order valence-corrected chi connectivity index (χ3v) is 2.94. The molecule has 0 aliphatic rings. The van der Waals surface area contributed by atoms with Gasteiger partial charge in [0.25, 0.3) is 0 Å². The summed E-state index contributed by atoms with van der Waals surface area (Å²) in [6.07, 6.45) is -4.42. The molecule has 0 aliphatic carbocycles. The van der Waals surface area contributed by atoms with Gasteiger partial charge in [0, 0.05) is 5.69 Å². The van der Waals surface area contributed by atoms with Crippen LogP contribution in [0.15, 0.2) is 42.5 Å². The lowest BCUT2D eigenvalue weighted by atomic mass is 10.1. The zero-order valence-corrected chi connectivity index (χ0v) is 10.9. The Kier molecular flexibility index (Phi) is 3.88. The fourth-order valence-corrected chi connectivity index (χ4v) is 1.86. The van der Waals surface area contributed by atoms with Gasteiger partial charge in [0.15, 0.2) is 0 Å². The SMILES string of the molecule is Cc1cc(N)ccc1COc1ccccc1C(F)(F)F. The van der Waals surface area contributed by atoms with Crippen molar-refractivity contribution in [2.75, 3.05) is 5.73 Å². The van der Waals surface area contributed by atoms with Crippen LogP contribution in [0, 0.1) is 6.92 Å². The highest BCUT2D eigenvalue weighted by atomic mass is 19.4. The van der Waals surface area contributed by atoms with Crippen LogP contribution in [-0.2, 0) is 12.8 Å². The van der Waals surface area contributed by atoms with Gasteiger partial charge in [0.1, 0.15) is 12.4 Å². The number of alkyl halides is 3. The summed E-state index contributed by atoms with van der Waals surface area (Å²) < 4.78 is 43.7. The number of rotatable bonds is 3. The Morgan fingerprint density at radius 3 is 2.45 bits per heavy atom.